The molecule has 0 spiro atoms. The number of benzene rings is 1. The molecule has 0 aliphatic heterocycles. The van der Waals surface area contributed by atoms with Gasteiger partial charge >= 0.3 is 0 Å². The quantitative estimate of drug-likeness (QED) is 0.808. The Kier molecular flexibility index (Phi) is 2.48. The first-order chi connectivity index (χ1) is 6.66. The minimum atomic E-state index is 0.157. The van der Waals surface area contributed by atoms with E-state index in [1.54, 1.807) is 0 Å². The number of hydrogen-bond acceptors (Lipinski definition) is 1. The zero-order chi connectivity index (χ0) is 10.1. The lowest BCUT2D eigenvalue weighted by Gasteiger charge is -2.08. The van der Waals surface area contributed by atoms with Crippen molar-refractivity contribution in [2.24, 2.45) is 5.73 Å². The van der Waals surface area contributed by atoms with E-state index in [0.717, 1.165) is 17.1 Å². The molecule has 1 atom stereocenters. The highest BCUT2D eigenvalue weighted by molar-refractivity contribution is 6.31. The van der Waals surface area contributed by atoms with Gasteiger partial charge in [-0.15, -0.1) is 0 Å². The molecular weight excluding hydrogens is 196 g/mol. The van der Waals surface area contributed by atoms with E-state index in [2.05, 4.69) is 10.6 Å². The summed E-state index contributed by atoms with van der Waals surface area (Å²) in [6, 6.07) is 8.13. The van der Waals surface area contributed by atoms with Crippen LogP contribution in [0.4, 0.5) is 0 Å². The molecule has 0 bridgehead atoms. The van der Waals surface area contributed by atoms with Gasteiger partial charge in [-0.2, -0.15) is 0 Å². The number of hydrogen-bond donors (Lipinski definition) is 1. The summed E-state index contributed by atoms with van der Waals surface area (Å²) >= 11 is 5.94. The number of fused-ring (bicyclic) bond motifs is 1. The van der Waals surface area contributed by atoms with Crippen LogP contribution in [0.2, 0.25) is 5.02 Å². The molecule has 0 saturated heterocycles. The molecule has 0 fully saturated rings. The summed E-state index contributed by atoms with van der Waals surface area (Å²) in [5.74, 6) is 0. The molecule has 14 heavy (non-hydrogen) atoms. The lowest BCUT2D eigenvalue weighted by molar-refractivity contribution is 0.605. The largest absolute Gasteiger partial charge is 0.346 e. The van der Waals surface area contributed by atoms with Gasteiger partial charge in [0.25, 0.3) is 0 Å². The molecule has 0 aliphatic carbocycles. The number of nitrogens with zero attached hydrogens (tertiary/aromatic N) is 1. The van der Waals surface area contributed by atoms with Crippen molar-refractivity contribution in [3.63, 3.8) is 0 Å². The Hall–Kier alpha value is -0.990. The predicted octanol–water partition coefficient (Wildman–Crippen LogP) is 2.64. The van der Waals surface area contributed by atoms with Crippen LogP contribution < -0.4 is 5.73 Å². The zero-order valence-electron chi connectivity index (χ0n) is 8.07. The molecule has 0 saturated carbocycles. The molecule has 2 aromatic rings. The molecule has 2 N–H and O–H groups in total. The molecule has 0 amide bonds. The lowest BCUT2D eigenvalue weighted by Crippen LogP contribution is -2.21. The first kappa shape index (κ1) is 9.56. The molecule has 74 valence electrons. The third-order valence-electron chi connectivity index (χ3n) is 2.22. The van der Waals surface area contributed by atoms with Gasteiger partial charge in [-0.3, -0.25) is 0 Å². The first-order valence-corrected chi connectivity index (χ1v) is 5.04. The third-order valence-corrected chi connectivity index (χ3v) is 2.46. The van der Waals surface area contributed by atoms with Gasteiger partial charge in [-0.1, -0.05) is 17.7 Å². The van der Waals surface area contributed by atoms with Crippen molar-refractivity contribution in [3.8, 4) is 0 Å². The van der Waals surface area contributed by atoms with Gasteiger partial charge in [0.15, 0.2) is 0 Å². The van der Waals surface area contributed by atoms with Crippen LogP contribution in [0.3, 0.4) is 0 Å². The van der Waals surface area contributed by atoms with Crippen molar-refractivity contribution in [3.05, 3.63) is 35.5 Å². The Labute approximate surface area is 88.3 Å². The van der Waals surface area contributed by atoms with Crippen LogP contribution in [-0.4, -0.2) is 10.6 Å². The Morgan fingerprint density at radius 2 is 2.21 bits per heavy atom. The molecule has 2 nitrogen and oxygen atoms in total. The smallest absolute Gasteiger partial charge is 0.0495 e. The predicted molar refractivity (Wildman–Crippen MR) is 60.6 cm³/mol. The summed E-state index contributed by atoms with van der Waals surface area (Å²) in [5.41, 5.74) is 6.91. The first-order valence-electron chi connectivity index (χ1n) is 4.67. The summed E-state index contributed by atoms with van der Waals surface area (Å²) in [4.78, 5) is 0. The fraction of sp³-hybridized carbons (Fsp3) is 0.273. The van der Waals surface area contributed by atoms with Crippen molar-refractivity contribution in [1.29, 1.82) is 0 Å². The van der Waals surface area contributed by atoms with Gasteiger partial charge in [0.1, 0.15) is 0 Å². The van der Waals surface area contributed by atoms with Gasteiger partial charge in [-0.25, -0.2) is 0 Å². The van der Waals surface area contributed by atoms with Crippen LogP contribution in [0.5, 0.6) is 0 Å². The molecule has 0 radical (unpaired) electrons. The summed E-state index contributed by atoms with van der Waals surface area (Å²) in [6.45, 7) is 2.82. The van der Waals surface area contributed by atoms with Gasteiger partial charge in [0.05, 0.1) is 0 Å². The molecule has 0 aliphatic rings. The highest BCUT2D eigenvalue weighted by atomic mass is 35.5. The van der Waals surface area contributed by atoms with E-state index in [9.17, 15) is 0 Å². The fourth-order valence-corrected chi connectivity index (χ4v) is 1.79. The normalized spacial score (nSPS) is 13.4. The van der Waals surface area contributed by atoms with E-state index < -0.39 is 0 Å². The minimum Gasteiger partial charge on any atom is -0.346 e. The molecule has 1 aromatic carbocycles. The Bertz CT molecular complexity index is 445. The number of rotatable bonds is 2. The second-order valence-corrected chi connectivity index (χ2v) is 4.08. The number of halogens is 1. The standard InChI is InChI=1S/C11H13ClN2/c1-8(13)7-14-5-4-9-2-3-10(12)6-11(9)14/h2-6,8H,7,13H2,1H3. The third kappa shape index (κ3) is 1.76. The van der Waals surface area contributed by atoms with Gasteiger partial charge < -0.3 is 10.3 Å². The molecule has 1 aromatic heterocycles. The second kappa shape index (κ2) is 3.64. The van der Waals surface area contributed by atoms with E-state index >= 15 is 0 Å². The van der Waals surface area contributed by atoms with Crippen LogP contribution in [0.1, 0.15) is 6.92 Å². The molecule has 1 unspecified atom stereocenters. The van der Waals surface area contributed by atoms with E-state index in [0.29, 0.717) is 0 Å². The van der Waals surface area contributed by atoms with Crippen LogP contribution >= 0.6 is 11.6 Å². The minimum absolute atomic E-state index is 0.157. The SMILES string of the molecule is CC(N)Cn1ccc2ccc(Cl)cc21. The van der Waals surface area contributed by atoms with Gasteiger partial charge in [0.2, 0.25) is 0 Å². The molecule has 2 rings (SSSR count). The van der Waals surface area contributed by atoms with Crippen LogP contribution in [0.15, 0.2) is 30.5 Å². The van der Waals surface area contributed by atoms with Crippen LogP contribution in [0, 0.1) is 0 Å². The van der Waals surface area contributed by atoms with E-state index in [1.165, 1.54) is 5.39 Å². The van der Waals surface area contributed by atoms with Crippen molar-refractivity contribution in [1.82, 2.24) is 4.57 Å². The maximum atomic E-state index is 5.94. The summed E-state index contributed by atoms with van der Waals surface area (Å²) < 4.78 is 2.13. The zero-order valence-corrected chi connectivity index (χ0v) is 8.83. The van der Waals surface area contributed by atoms with Crippen molar-refractivity contribution in [2.45, 2.75) is 19.5 Å². The Morgan fingerprint density at radius 3 is 2.93 bits per heavy atom. The maximum absolute atomic E-state index is 5.94. The maximum Gasteiger partial charge on any atom is 0.0495 e. The Balaban J connectivity index is 2.50. The van der Waals surface area contributed by atoms with E-state index in [1.807, 2.05) is 31.3 Å². The lowest BCUT2D eigenvalue weighted by atomic mass is 10.2. The molecule has 3 heteroatoms. The van der Waals surface area contributed by atoms with Crippen LogP contribution in [0.25, 0.3) is 10.9 Å². The average molecular weight is 209 g/mol. The van der Waals surface area contributed by atoms with Crippen LogP contribution in [-0.2, 0) is 6.54 Å². The highest BCUT2D eigenvalue weighted by Gasteiger charge is 2.02. The topological polar surface area (TPSA) is 30.9 Å². The van der Waals surface area contributed by atoms with Crippen molar-refractivity contribution in [2.75, 3.05) is 0 Å². The van der Waals surface area contributed by atoms with Crippen molar-refractivity contribution < 1.29 is 0 Å². The van der Waals surface area contributed by atoms with E-state index in [-0.39, 0.29) is 6.04 Å². The highest BCUT2D eigenvalue weighted by Crippen LogP contribution is 2.20. The summed E-state index contributed by atoms with van der Waals surface area (Å²) in [5, 5.41) is 1.97. The molecule has 1 heterocycles. The van der Waals surface area contributed by atoms with Gasteiger partial charge in [0, 0.05) is 29.3 Å². The number of nitrogens with two attached hydrogens (primary N) is 1. The van der Waals surface area contributed by atoms with E-state index in [4.69, 9.17) is 17.3 Å². The summed E-state index contributed by atoms with van der Waals surface area (Å²) in [7, 11) is 0. The monoisotopic (exact) mass is 208 g/mol. The number of aromatic nitrogens is 1. The summed E-state index contributed by atoms with van der Waals surface area (Å²) in [6.07, 6.45) is 2.05. The van der Waals surface area contributed by atoms with Gasteiger partial charge in [-0.05, 0) is 30.5 Å². The van der Waals surface area contributed by atoms with Crippen molar-refractivity contribution >= 4 is 22.5 Å². The fourth-order valence-electron chi connectivity index (χ4n) is 1.63. The Morgan fingerprint density at radius 1 is 1.43 bits per heavy atom. The second-order valence-electron chi connectivity index (χ2n) is 3.65. The molecular formula is C11H13ClN2. The average Bonchev–Trinajstić information content (AvgIpc) is 2.47.